The van der Waals surface area contributed by atoms with Crippen molar-refractivity contribution in [2.24, 2.45) is 0 Å². The van der Waals surface area contributed by atoms with Crippen LogP contribution in [0.4, 0.5) is 5.69 Å². The number of benzene rings is 1. The van der Waals surface area contributed by atoms with E-state index >= 15 is 0 Å². The molecule has 0 atom stereocenters. The monoisotopic (exact) mass is 350 g/mol. The molecule has 1 aromatic heterocycles. The zero-order valence-corrected chi connectivity index (χ0v) is 13.3. The smallest absolute Gasteiger partial charge is 0.255 e. The first-order chi connectivity index (χ1) is 9.66. The summed E-state index contributed by atoms with van der Waals surface area (Å²) in [6.07, 6.45) is 2.19. The molecular formula is C15H15BrN2OS. The molecule has 0 aliphatic heterocycles. The summed E-state index contributed by atoms with van der Waals surface area (Å²) in [6.45, 7) is 0.683. The second-order valence-corrected chi connectivity index (χ2v) is 6.78. The number of carbonyl (C=O) groups is 1. The number of nitrogen functional groups attached to an aromatic ring is 1. The number of rotatable bonds is 4. The molecule has 0 unspecified atom stereocenters. The lowest BCUT2D eigenvalue weighted by Gasteiger charge is -2.22. The maximum atomic E-state index is 12.8. The van der Waals surface area contributed by atoms with Crippen LogP contribution in [0.25, 0.3) is 0 Å². The largest absolute Gasteiger partial charge is 0.398 e. The topological polar surface area (TPSA) is 46.3 Å². The molecule has 1 aromatic carbocycles. The van der Waals surface area contributed by atoms with E-state index in [1.165, 1.54) is 4.88 Å². The lowest BCUT2D eigenvalue weighted by atomic mass is 10.1. The molecule has 0 radical (unpaired) electrons. The molecule has 1 fully saturated rings. The number of anilines is 1. The van der Waals surface area contributed by atoms with Gasteiger partial charge >= 0.3 is 0 Å². The molecular weight excluding hydrogens is 336 g/mol. The van der Waals surface area contributed by atoms with E-state index in [-0.39, 0.29) is 5.91 Å². The first-order valence-electron chi connectivity index (χ1n) is 6.54. The number of halogens is 1. The fourth-order valence-electron chi connectivity index (χ4n) is 2.19. The minimum Gasteiger partial charge on any atom is -0.398 e. The van der Waals surface area contributed by atoms with E-state index in [4.69, 9.17) is 5.73 Å². The van der Waals surface area contributed by atoms with Crippen LogP contribution >= 0.6 is 27.3 Å². The van der Waals surface area contributed by atoms with Crippen LogP contribution in [0.1, 0.15) is 28.1 Å². The Kier molecular flexibility index (Phi) is 3.81. The third-order valence-electron chi connectivity index (χ3n) is 3.41. The highest BCUT2D eigenvalue weighted by Gasteiger charge is 2.34. The molecule has 1 amide bonds. The molecule has 0 bridgehead atoms. The SMILES string of the molecule is Nc1cccc(C(=O)N(Cc2cccs2)C2CC2)c1Br. The van der Waals surface area contributed by atoms with Gasteiger partial charge in [-0.15, -0.1) is 11.3 Å². The zero-order valence-electron chi connectivity index (χ0n) is 10.9. The van der Waals surface area contributed by atoms with Gasteiger partial charge in [0.05, 0.1) is 16.6 Å². The van der Waals surface area contributed by atoms with Crippen LogP contribution in [0, 0.1) is 0 Å². The van der Waals surface area contributed by atoms with E-state index in [0.717, 1.165) is 12.8 Å². The van der Waals surface area contributed by atoms with Crippen molar-refractivity contribution in [2.45, 2.75) is 25.4 Å². The van der Waals surface area contributed by atoms with E-state index in [0.29, 0.717) is 28.3 Å². The lowest BCUT2D eigenvalue weighted by Crippen LogP contribution is -2.32. The van der Waals surface area contributed by atoms with Gasteiger partial charge in [-0.2, -0.15) is 0 Å². The van der Waals surface area contributed by atoms with Crippen LogP contribution in [0.5, 0.6) is 0 Å². The minimum absolute atomic E-state index is 0.0556. The van der Waals surface area contributed by atoms with Gasteiger partial charge in [-0.1, -0.05) is 12.1 Å². The maximum absolute atomic E-state index is 12.8. The van der Waals surface area contributed by atoms with Crippen molar-refractivity contribution < 1.29 is 4.79 Å². The number of carbonyl (C=O) groups excluding carboxylic acids is 1. The van der Waals surface area contributed by atoms with Gasteiger partial charge in [-0.3, -0.25) is 4.79 Å². The molecule has 1 aliphatic rings. The van der Waals surface area contributed by atoms with Crippen LogP contribution in [0.2, 0.25) is 0 Å². The molecule has 1 heterocycles. The summed E-state index contributed by atoms with van der Waals surface area (Å²) in [7, 11) is 0. The Labute approximate surface area is 130 Å². The highest BCUT2D eigenvalue weighted by Crippen LogP contribution is 2.33. The third kappa shape index (κ3) is 2.74. The summed E-state index contributed by atoms with van der Waals surface area (Å²) in [5, 5.41) is 2.04. The molecule has 0 saturated heterocycles. The molecule has 3 rings (SSSR count). The van der Waals surface area contributed by atoms with Gasteiger partial charge in [0.1, 0.15) is 0 Å². The van der Waals surface area contributed by atoms with Gasteiger partial charge in [0.15, 0.2) is 0 Å². The first-order valence-corrected chi connectivity index (χ1v) is 8.21. The fraction of sp³-hybridized carbons (Fsp3) is 0.267. The quantitative estimate of drug-likeness (QED) is 0.850. The number of amides is 1. The van der Waals surface area contributed by atoms with E-state index in [1.807, 2.05) is 28.5 Å². The van der Waals surface area contributed by atoms with E-state index < -0.39 is 0 Å². The molecule has 2 aromatic rings. The summed E-state index contributed by atoms with van der Waals surface area (Å²) in [6, 6.07) is 9.91. The normalized spacial score (nSPS) is 14.2. The number of nitrogens with two attached hydrogens (primary N) is 1. The summed E-state index contributed by atoms with van der Waals surface area (Å²) in [4.78, 5) is 15.9. The van der Waals surface area contributed by atoms with Crippen molar-refractivity contribution in [1.29, 1.82) is 0 Å². The van der Waals surface area contributed by atoms with Gasteiger partial charge in [0.25, 0.3) is 5.91 Å². The zero-order chi connectivity index (χ0) is 14.1. The second kappa shape index (κ2) is 5.58. The van der Waals surface area contributed by atoms with Gasteiger partial charge in [0, 0.05) is 16.6 Å². The fourth-order valence-corrected chi connectivity index (χ4v) is 3.33. The molecule has 104 valence electrons. The Morgan fingerprint density at radius 1 is 1.35 bits per heavy atom. The first kappa shape index (κ1) is 13.6. The summed E-state index contributed by atoms with van der Waals surface area (Å²) < 4.78 is 0.696. The average Bonchev–Trinajstić information content (AvgIpc) is 3.15. The highest BCUT2D eigenvalue weighted by molar-refractivity contribution is 9.10. The number of hydrogen-bond donors (Lipinski definition) is 1. The van der Waals surface area contributed by atoms with E-state index in [9.17, 15) is 4.79 Å². The van der Waals surface area contributed by atoms with E-state index in [1.54, 1.807) is 17.4 Å². The summed E-state index contributed by atoms with van der Waals surface area (Å²) >= 11 is 5.11. The van der Waals surface area contributed by atoms with Crippen molar-refractivity contribution >= 4 is 38.9 Å². The van der Waals surface area contributed by atoms with Crippen molar-refractivity contribution in [2.75, 3.05) is 5.73 Å². The molecule has 1 saturated carbocycles. The van der Waals surface area contributed by atoms with Crippen LogP contribution in [0.15, 0.2) is 40.2 Å². The Morgan fingerprint density at radius 3 is 2.80 bits per heavy atom. The van der Waals surface area contributed by atoms with Gasteiger partial charge in [0.2, 0.25) is 0 Å². The Balaban J connectivity index is 1.87. The minimum atomic E-state index is 0.0556. The van der Waals surface area contributed by atoms with E-state index in [2.05, 4.69) is 22.0 Å². The molecule has 0 spiro atoms. The molecule has 3 nitrogen and oxygen atoms in total. The number of nitrogens with zero attached hydrogens (tertiary/aromatic N) is 1. The summed E-state index contributed by atoms with van der Waals surface area (Å²) in [5.41, 5.74) is 7.12. The van der Waals surface area contributed by atoms with Crippen molar-refractivity contribution in [3.05, 3.63) is 50.6 Å². The Hall–Kier alpha value is -1.33. The van der Waals surface area contributed by atoms with Crippen LogP contribution in [-0.2, 0) is 6.54 Å². The van der Waals surface area contributed by atoms with Crippen molar-refractivity contribution in [3.63, 3.8) is 0 Å². The van der Waals surface area contributed by atoms with Crippen molar-refractivity contribution in [3.8, 4) is 0 Å². The Morgan fingerprint density at radius 2 is 2.15 bits per heavy atom. The lowest BCUT2D eigenvalue weighted by molar-refractivity contribution is 0.0731. The maximum Gasteiger partial charge on any atom is 0.255 e. The van der Waals surface area contributed by atoms with Gasteiger partial charge < -0.3 is 10.6 Å². The third-order valence-corrected chi connectivity index (χ3v) is 5.16. The second-order valence-electron chi connectivity index (χ2n) is 4.95. The molecule has 20 heavy (non-hydrogen) atoms. The van der Waals surface area contributed by atoms with Crippen LogP contribution in [-0.4, -0.2) is 16.8 Å². The number of thiophene rings is 1. The average molecular weight is 351 g/mol. The number of hydrogen-bond acceptors (Lipinski definition) is 3. The van der Waals surface area contributed by atoms with Crippen molar-refractivity contribution in [1.82, 2.24) is 4.90 Å². The molecule has 2 N–H and O–H groups in total. The Bertz CT molecular complexity index is 623. The van der Waals surface area contributed by atoms with Crippen LogP contribution in [0.3, 0.4) is 0 Å². The van der Waals surface area contributed by atoms with Crippen LogP contribution < -0.4 is 5.73 Å². The standard InChI is InChI=1S/C15H15BrN2OS/c16-14-12(4-1-5-13(14)17)15(19)18(10-6-7-10)9-11-3-2-8-20-11/h1-5,8,10H,6-7,9,17H2. The van der Waals surface area contributed by atoms with Gasteiger partial charge in [-0.05, 0) is 52.4 Å². The molecule has 1 aliphatic carbocycles. The predicted octanol–water partition coefficient (Wildman–Crippen LogP) is 3.90. The highest BCUT2D eigenvalue weighted by atomic mass is 79.9. The molecule has 5 heteroatoms. The summed E-state index contributed by atoms with van der Waals surface area (Å²) in [5.74, 6) is 0.0556. The van der Waals surface area contributed by atoms with Gasteiger partial charge in [-0.25, -0.2) is 0 Å². The predicted molar refractivity (Wildman–Crippen MR) is 85.8 cm³/mol.